The van der Waals surface area contributed by atoms with E-state index < -0.39 is 5.97 Å². The zero-order chi connectivity index (χ0) is 15.2. The van der Waals surface area contributed by atoms with E-state index in [0.717, 1.165) is 58.4 Å². The minimum atomic E-state index is -0.661. The monoisotopic (exact) mass is 297 g/mol. The lowest BCUT2D eigenvalue weighted by molar-refractivity contribution is -0.143. The van der Waals surface area contributed by atoms with Gasteiger partial charge in [-0.1, -0.05) is 0 Å². The molecule has 6 nitrogen and oxygen atoms in total. The molecule has 6 heteroatoms. The molecule has 1 aliphatic carbocycles. The number of nitrogens with zero attached hydrogens (tertiary/aromatic N) is 2. The summed E-state index contributed by atoms with van der Waals surface area (Å²) in [6.07, 6.45) is 3.45. The summed E-state index contributed by atoms with van der Waals surface area (Å²) in [4.78, 5) is 27.1. The molecular weight excluding hydrogens is 270 g/mol. The maximum Gasteiger partial charge on any atom is 0.306 e. The highest BCUT2D eigenvalue weighted by Gasteiger charge is 2.26. The van der Waals surface area contributed by atoms with Crippen LogP contribution in [-0.2, 0) is 9.59 Å². The number of nitrogens with one attached hydrogen (secondary N) is 1. The Hall–Kier alpha value is -1.14. The lowest BCUT2D eigenvalue weighted by atomic mass is 9.82. The van der Waals surface area contributed by atoms with Gasteiger partial charge in [-0.2, -0.15) is 0 Å². The Morgan fingerprint density at radius 1 is 1.10 bits per heavy atom. The number of hydrogen-bond acceptors (Lipinski definition) is 4. The third-order valence-electron chi connectivity index (χ3n) is 4.76. The van der Waals surface area contributed by atoms with Crippen molar-refractivity contribution in [2.24, 2.45) is 11.8 Å². The van der Waals surface area contributed by atoms with Gasteiger partial charge in [0.05, 0.1) is 12.5 Å². The SMILES string of the molecule is CN1CCN(C(=O)CNCC2CCC(C(=O)O)CC2)CC1. The fourth-order valence-corrected chi connectivity index (χ4v) is 3.16. The normalized spacial score (nSPS) is 27.6. The number of carboxylic acids is 1. The summed E-state index contributed by atoms with van der Waals surface area (Å²) >= 11 is 0. The molecule has 2 fully saturated rings. The van der Waals surface area contributed by atoms with Crippen LogP contribution in [0, 0.1) is 11.8 Å². The molecule has 2 N–H and O–H groups in total. The van der Waals surface area contributed by atoms with Gasteiger partial charge >= 0.3 is 5.97 Å². The Morgan fingerprint density at radius 3 is 2.29 bits per heavy atom. The van der Waals surface area contributed by atoms with E-state index >= 15 is 0 Å². The van der Waals surface area contributed by atoms with Gasteiger partial charge in [0.2, 0.25) is 5.91 Å². The van der Waals surface area contributed by atoms with E-state index in [-0.39, 0.29) is 11.8 Å². The topological polar surface area (TPSA) is 72.9 Å². The fraction of sp³-hybridized carbons (Fsp3) is 0.867. The van der Waals surface area contributed by atoms with E-state index in [1.165, 1.54) is 0 Å². The molecule has 1 amide bonds. The maximum absolute atomic E-state index is 12.1. The van der Waals surface area contributed by atoms with Gasteiger partial charge in [-0.15, -0.1) is 0 Å². The molecule has 0 radical (unpaired) electrons. The molecule has 0 atom stereocenters. The van der Waals surface area contributed by atoms with Crippen molar-refractivity contribution in [2.45, 2.75) is 25.7 Å². The van der Waals surface area contributed by atoms with E-state index in [1.807, 2.05) is 4.90 Å². The van der Waals surface area contributed by atoms with Crippen molar-refractivity contribution in [3.8, 4) is 0 Å². The Kier molecular flexibility index (Phi) is 5.99. The van der Waals surface area contributed by atoms with Crippen molar-refractivity contribution < 1.29 is 14.7 Å². The second-order valence-electron chi connectivity index (χ2n) is 6.37. The zero-order valence-electron chi connectivity index (χ0n) is 12.9. The number of hydrogen-bond donors (Lipinski definition) is 2. The van der Waals surface area contributed by atoms with Crippen LogP contribution in [0.4, 0.5) is 0 Å². The van der Waals surface area contributed by atoms with Crippen molar-refractivity contribution >= 4 is 11.9 Å². The average molecular weight is 297 g/mol. The van der Waals surface area contributed by atoms with Crippen LogP contribution in [0.25, 0.3) is 0 Å². The summed E-state index contributed by atoms with van der Waals surface area (Å²) < 4.78 is 0. The van der Waals surface area contributed by atoms with Crippen LogP contribution in [0.15, 0.2) is 0 Å². The highest BCUT2D eigenvalue weighted by Crippen LogP contribution is 2.28. The zero-order valence-corrected chi connectivity index (χ0v) is 12.9. The molecule has 2 aliphatic rings. The van der Waals surface area contributed by atoms with E-state index in [0.29, 0.717) is 12.5 Å². The first-order valence-electron chi connectivity index (χ1n) is 7.96. The summed E-state index contributed by atoms with van der Waals surface area (Å²) in [5, 5.41) is 12.2. The largest absolute Gasteiger partial charge is 0.481 e. The van der Waals surface area contributed by atoms with Gasteiger partial charge in [-0.3, -0.25) is 9.59 Å². The van der Waals surface area contributed by atoms with Crippen LogP contribution in [0.3, 0.4) is 0 Å². The Labute approximate surface area is 126 Å². The number of carbonyl (C=O) groups excluding carboxylic acids is 1. The fourth-order valence-electron chi connectivity index (χ4n) is 3.16. The van der Waals surface area contributed by atoms with Gasteiger partial charge < -0.3 is 20.2 Å². The third-order valence-corrected chi connectivity index (χ3v) is 4.76. The molecule has 0 aromatic rings. The van der Waals surface area contributed by atoms with Crippen molar-refractivity contribution in [1.82, 2.24) is 15.1 Å². The number of amides is 1. The van der Waals surface area contributed by atoms with Crippen molar-refractivity contribution in [2.75, 3.05) is 46.3 Å². The Balaban J connectivity index is 1.59. The summed E-state index contributed by atoms with van der Waals surface area (Å²) in [5.74, 6) is -0.122. The number of rotatable bonds is 5. The number of piperazine rings is 1. The summed E-state index contributed by atoms with van der Waals surface area (Å²) in [6.45, 7) is 4.77. The molecule has 21 heavy (non-hydrogen) atoms. The maximum atomic E-state index is 12.1. The van der Waals surface area contributed by atoms with Gasteiger partial charge in [0.25, 0.3) is 0 Å². The number of carbonyl (C=O) groups is 2. The highest BCUT2D eigenvalue weighted by molar-refractivity contribution is 5.78. The molecule has 1 heterocycles. The first-order chi connectivity index (χ1) is 10.1. The summed E-state index contributed by atoms with van der Waals surface area (Å²) in [7, 11) is 2.08. The van der Waals surface area contributed by atoms with Gasteiger partial charge in [0.1, 0.15) is 0 Å². The molecule has 1 saturated carbocycles. The van der Waals surface area contributed by atoms with Crippen LogP contribution in [0.5, 0.6) is 0 Å². The van der Waals surface area contributed by atoms with Crippen LogP contribution in [0.2, 0.25) is 0 Å². The van der Waals surface area contributed by atoms with Crippen LogP contribution in [0.1, 0.15) is 25.7 Å². The predicted octanol–water partition coefficient (Wildman–Crippen LogP) is 0.241. The lowest BCUT2D eigenvalue weighted by Gasteiger charge is -2.32. The lowest BCUT2D eigenvalue weighted by Crippen LogP contribution is -2.49. The Bertz CT molecular complexity index is 359. The van der Waals surface area contributed by atoms with Gasteiger partial charge in [0, 0.05) is 26.2 Å². The van der Waals surface area contributed by atoms with Crippen molar-refractivity contribution in [1.29, 1.82) is 0 Å². The van der Waals surface area contributed by atoms with Gasteiger partial charge in [-0.05, 0) is 45.2 Å². The minimum Gasteiger partial charge on any atom is -0.481 e. The molecule has 0 bridgehead atoms. The smallest absolute Gasteiger partial charge is 0.306 e. The van der Waals surface area contributed by atoms with Crippen LogP contribution >= 0.6 is 0 Å². The average Bonchev–Trinajstić information content (AvgIpc) is 2.48. The molecular formula is C15H27N3O3. The van der Waals surface area contributed by atoms with Crippen molar-refractivity contribution in [3.05, 3.63) is 0 Å². The van der Waals surface area contributed by atoms with E-state index in [4.69, 9.17) is 5.11 Å². The van der Waals surface area contributed by atoms with Gasteiger partial charge in [-0.25, -0.2) is 0 Å². The highest BCUT2D eigenvalue weighted by atomic mass is 16.4. The number of carboxylic acid groups (broad SMARTS) is 1. The molecule has 0 unspecified atom stereocenters. The van der Waals surface area contributed by atoms with Crippen LogP contribution < -0.4 is 5.32 Å². The van der Waals surface area contributed by atoms with Crippen molar-refractivity contribution in [3.63, 3.8) is 0 Å². The second-order valence-corrected chi connectivity index (χ2v) is 6.37. The third kappa shape index (κ3) is 4.97. The molecule has 2 rings (SSSR count). The first kappa shape index (κ1) is 16.2. The molecule has 0 aromatic heterocycles. The van der Waals surface area contributed by atoms with Gasteiger partial charge in [0.15, 0.2) is 0 Å². The molecule has 0 spiro atoms. The van der Waals surface area contributed by atoms with Crippen LogP contribution in [-0.4, -0.2) is 73.1 Å². The minimum absolute atomic E-state index is 0.159. The molecule has 1 saturated heterocycles. The van der Waals surface area contributed by atoms with E-state index in [1.54, 1.807) is 0 Å². The Morgan fingerprint density at radius 2 is 1.71 bits per heavy atom. The standard InChI is InChI=1S/C15H27N3O3/c1-17-6-8-18(9-7-17)14(19)11-16-10-12-2-4-13(5-3-12)15(20)21/h12-13,16H,2-11H2,1H3,(H,20,21). The van der Waals surface area contributed by atoms with E-state index in [9.17, 15) is 9.59 Å². The first-order valence-corrected chi connectivity index (χ1v) is 7.96. The molecule has 120 valence electrons. The molecule has 0 aromatic carbocycles. The molecule has 1 aliphatic heterocycles. The second kappa shape index (κ2) is 7.75. The quantitative estimate of drug-likeness (QED) is 0.760. The summed E-state index contributed by atoms with van der Waals surface area (Å²) in [5.41, 5.74) is 0. The predicted molar refractivity (Wildman–Crippen MR) is 80.0 cm³/mol. The van der Waals surface area contributed by atoms with E-state index in [2.05, 4.69) is 17.3 Å². The number of likely N-dealkylation sites (N-methyl/N-ethyl adjacent to an activating group) is 1. The summed E-state index contributed by atoms with van der Waals surface area (Å²) in [6, 6.07) is 0. The number of aliphatic carboxylic acids is 1.